The van der Waals surface area contributed by atoms with Crippen molar-refractivity contribution in [2.45, 2.75) is 58.8 Å². The Bertz CT molecular complexity index is 520. The molecule has 1 aromatic rings. The lowest BCUT2D eigenvalue weighted by Crippen LogP contribution is -2.36. The Morgan fingerprint density at radius 1 is 1.25 bits per heavy atom. The number of rotatable bonds is 1. The zero-order valence-corrected chi connectivity index (χ0v) is 12.9. The minimum absolute atomic E-state index is 0.0151. The first-order chi connectivity index (χ1) is 9.24. The summed E-state index contributed by atoms with van der Waals surface area (Å²) in [6.45, 7) is 10.2. The highest BCUT2D eigenvalue weighted by Crippen LogP contribution is 2.42. The van der Waals surface area contributed by atoms with Gasteiger partial charge in [-0.25, -0.2) is 4.79 Å². The van der Waals surface area contributed by atoms with Crippen LogP contribution in [0.15, 0.2) is 18.2 Å². The minimum Gasteiger partial charge on any atom is -0.444 e. The van der Waals surface area contributed by atoms with Crippen molar-refractivity contribution in [1.82, 2.24) is 4.90 Å². The molecule has 1 amide bonds. The van der Waals surface area contributed by atoms with E-state index in [0.717, 1.165) is 5.56 Å². The topological polar surface area (TPSA) is 55.6 Å². The Morgan fingerprint density at radius 3 is 2.40 bits per heavy atom. The second-order valence-electron chi connectivity index (χ2n) is 6.41. The molecule has 0 saturated carbocycles. The second-order valence-corrected chi connectivity index (χ2v) is 6.41. The molecule has 0 radical (unpaired) electrons. The van der Waals surface area contributed by atoms with Crippen molar-refractivity contribution in [1.29, 1.82) is 0 Å². The van der Waals surface area contributed by atoms with Gasteiger partial charge in [-0.15, -0.1) is 0 Å². The molecule has 0 aromatic heterocycles. The van der Waals surface area contributed by atoms with Gasteiger partial charge in [0.05, 0.1) is 12.1 Å². The summed E-state index contributed by atoms with van der Waals surface area (Å²) in [6, 6.07) is 6.24. The van der Waals surface area contributed by atoms with Crippen LogP contribution in [0, 0.1) is 0 Å². The normalized spacial score (nSPS) is 21.8. The van der Waals surface area contributed by atoms with Gasteiger partial charge in [-0.3, -0.25) is 4.90 Å². The summed E-state index contributed by atoms with van der Waals surface area (Å²) >= 11 is 0. The summed E-state index contributed by atoms with van der Waals surface area (Å²) in [5.41, 5.74) is 8.66. The Labute approximate surface area is 120 Å². The first-order valence-electron chi connectivity index (χ1n) is 7.08. The lowest BCUT2D eigenvalue weighted by molar-refractivity contribution is 0.0125. The van der Waals surface area contributed by atoms with Crippen molar-refractivity contribution in [3.63, 3.8) is 0 Å². The van der Waals surface area contributed by atoms with Gasteiger partial charge in [-0.2, -0.15) is 0 Å². The molecule has 1 aliphatic heterocycles. The maximum absolute atomic E-state index is 12.4. The maximum Gasteiger partial charge on any atom is 0.411 e. The molecule has 2 rings (SSSR count). The van der Waals surface area contributed by atoms with Gasteiger partial charge in [0, 0.05) is 6.54 Å². The van der Waals surface area contributed by atoms with Gasteiger partial charge >= 0.3 is 6.09 Å². The van der Waals surface area contributed by atoms with Crippen LogP contribution in [0.2, 0.25) is 0 Å². The fourth-order valence-electron chi connectivity index (χ4n) is 2.76. The Morgan fingerprint density at radius 2 is 1.85 bits per heavy atom. The minimum atomic E-state index is -0.478. The van der Waals surface area contributed by atoms with Crippen molar-refractivity contribution >= 4 is 6.09 Å². The first kappa shape index (κ1) is 14.9. The molecular weight excluding hydrogens is 252 g/mol. The van der Waals surface area contributed by atoms with E-state index in [1.807, 2.05) is 40.7 Å². The van der Waals surface area contributed by atoms with Crippen molar-refractivity contribution in [2.75, 3.05) is 0 Å². The van der Waals surface area contributed by atoms with E-state index in [9.17, 15) is 4.79 Å². The number of amides is 1. The number of ether oxygens (including phenoxy) is 1. The number of carbonyl (C=O) groups is 1. The molecule has 2 atom stereocenters. The smallest absolute Gasteiger partial charge is 0.411 e. The fraction of sp³-hybridized carbons (Fsp3) is 0.562. The number of nitrogens with zero attached hydrogens (tertiary/aromatic N) is 1. The summed E-state index contributed by atoms with van der Waals surface area (Å²) in [5.74, 6) is 0. The zero-order valence-electron chi connectivity index (χ0n) is 12.9. The molecule has 0 fully saturated rings. The predicted octanol–water partition coefficient (Wildman–Crippen LogP) is 3.52. The van der Waals surface area contributed by atoms with Gasteiger partial charge in [-0.1, -0.05) is 18.2 Å². The highest BCUT2D eigenvalue weighted by molar-refractivity contribution is 5.71. The molecule has 0 saturated heterocycles. The molecule has 2 N–H and O–H groups in total. The third-order valence-electron chi connectivity index (χ3n) is 3.73. The number of hydrogen-bond acceptors (Lipinski definition) is 3. The van der Waals surface area contributed by atoms with E-state index in [1.165, 1.54) is 11.1 Å². The van der Waals surface area contributed by atoms with Crippen LogP contribution in [0.1, 0.15) is 63.4 Å². The molecule has 1 aliphatic rings. The van der Waals surface area contributed by atoms with E-state index in [4.69, 9.17) is 10.5 Å². The molecule has 0 bridgehead atoms. The number of hydrogen-bond donors (Lipinski definition) is 1. The molecule has 4 nitrogen and oxygen atoms in total. The molecular formula is C16H24N2O2. The van der Waals surface area contributed by atoms with Crippen molar-refractivity contribution in [3.8, 4) is 0 Å². The number of nitrogens with two attached hydrogens (primary N) is 1. The number of fused-ring (bicyclic) bond motifs is 1. The van der Waals surface area contributed by atoms with E-state index >= 15 is 0 Å². The standard InChI is InChI=1S/C16H24N2O2/c1-10-13-7-6-12(9-17)8-14(13)11(2)18(10)15(19)20-16(3,4)5/h6-8,10-11H,9,17H2,1-5H3. The molecule has 4 heteroatoms. The van der Waals surface area contributed by atoms with Gasteiger partial charge in [0.15, 0.2) is 0 Å². The molecule has 110 valence electrons. The summed E-state index contributed by atoms with van der Waals surface area (Å²) in [6.07, 6.45) is -0.261. The van der Waals surface area contributed by atoms with Crippen LogP contribution in [0.3, 0.4) is 0 Å². The summed E-state index contributed by atoms with van der Waals surface area (Å²) < 4.78 is 5.51. The fourth-order valence-corrected chi connectivity index (χ4v) is 2.76. The Balaban J connectivity index is 2.29. The maximum atomic E-state index is 12.4. The molecule has 0 aliphatic carbocycles. The third-order valence-corrected chi connectivity index (χ3v) is 3.73. The Kier molecular flexibility index (Phi) is 3.78. The second kappa shape index (κ2) is 5.09. The number of carbonyl (C=O) groups excluding carboxylic acids is 1. The molecule has 0 spiro atoms. The van der Waals surface area contributed by atoms with Gasteiger partial charge < -0.3 is 10.5 Å². The van der Waals surface area contributed by atoms with Gasteiger partial charge in [0.25, 0.3) is 0 Å². The third kappa shape index (κ3) is 2.66. The molecule has 2 unspecified atom stereocenters. The van der Waals surface area contributed by atoms with Gasteiger partial charge in [0.1, 0.15) is 5.60 Å². The number of benzene rings is 1. The van der Waals surface area contributed by atoms with Crippen molar-refractivity contribution in [2.24, 2.45) is 5.73 Å². The van der Waals surface area contributed by atoms with Crippen LogP contribution < -0.4 is 5.73 Å². The first-order valence-corrected chi connectivity index (χ1v) is 7.08. The van der Waals surface area contributed by atoms with Crippen LogP contribution in [0.5, 0.6) is 0 Å². The Hall–Kier alpha value is -1.55. The van der Waals surface area contributed by atoms with Crippen LogP contribution in [-0.2, 0) is 11.3 Å². The molecule has 20 heavy (non-hydrogen) atoms. The van der Waals surface area contributed by atoms with Crippen LogP contribution in [-0.4, -0.2) is 16.6 Å². The van der Waals surface area contributed by atoms with E-state index in [-0.39, 0.29) is 18.2 Å². The van der Waals surface area contributed by atoms with Crippen LogP contribution >= 0.6 is 0 Å². The largest absolute Gasteiger partial charge is 0.444 e. The lowest BCUT2D eigenvalue weighted by atomic mass is 10.0. The highest BCUT2D eigenvalue weighted by Gasteiger charge is 2.38. The summed E-state index contributed by atoms with van der Waals surface area (Å²) in [4.78, 5) is 14.2. The predicted molar refractivity (Wildman–Crippen MR) is 79.2 cm³/mol. The average Bonchev–Trinajstić information content (AvgIpc) is 2.59. The van der Waals surface area contributed by atoms with E-state index in [0.29, 0.717) is 6.54 Å². The average molecular weight is 276 g/mol. The van der Waals surface area contributed by atoms with Crippen LogP contribution in [0.4, 0.5) is 4.79 Å². The van der Waals surface area contributed by atoms with Gasteiger partial charge in [0.2, 0.25) is 0 Å². The van der Waals surface area contributed by atoms with Crippen molar-refractivity contribution < 1.29 is 9.53 Å². The summed E-state index contributed by atoms with van der Waals surface area (Å²) in [5, 5.41) is 0. The van der Waals surface area contributed by atoms with E-state index < -0.39 is 5.60 Å². The summed E-state index contributed by atoms with van der Waals surface area (Å²) in [7, 11) is 0. The quantitative estimate of drug-likeness (QED) is 0.854. The highest BCUT2D eigenvalue weighted by atomic mass is 16.6. The zero-order chi connectivity index (χ0) is 15.1. The van der Waals surface area contributed by atoms with Gasteiger partial charge in [-0.05, 0) is 51.3 Å². The molecule has 1 heterocycles. The monoisotopic (exact) mass is 276 g/mol. The lowest BCUT2D eigenvalue weighted by Gasteiger charge is -2.30. The van der Waals surface area contributed by atoms with E-state index in [1.54, 1.807) is 4.90 Å². The molecule has 1 aromatic carbocycles. The van der Waals surface area contributed by atoms with Crippen molar-refractivity contribution in [3.05, 3.63) is 34.9 Å². The SMILES string of the molecule is CC1c2ccc(CN)cc2C(C)N1C(=O)OC(C)(C)C. The van der Waals surface area contributed by atoms with Crippen LogP contribution in [0.25, 0.3) is 0 Å². The van der Waals surface area contributed by atoms with E-state index in [2.05, 4.69) is 12.1 Å².